The van der Waals surface area contributed by atoms with Crippen molar-refractivity contribution in [1.82, 2.24) is 9.97 Å². The molecule has 2 saturated heterocycles. The average Bonchev–Trinajstić information content (AvgIpc) is 3.03. The standard InChI is InChI=1S/C19H24N4O3/c24-16-6-7-23(15(16)12-14-4-2-1-3-5-14)19-20-17(13-18(25)21-19)22-8-10-26-11-9-22/h1-5,13,15-16,24H,6-12H2,(H,20,21,25)/t15-,16-/m0/s1. The molecule has 1 aromatic carbocycles. The summed E-state index contributed by atoms with van der Waals surface area (Å²) < 4.78 is 5.38. The van der Waals surface area contributed by atoms with Gasteiger partial charge in [0.1, 0.15) is 5.82 Å². The van der Waals surface area contributed by atoms with E-state index in [4.69, 9.17) is 9.72 Å². The fraction of sp³-hybridized carbons (Fsp3) is 0.474. The molecule has 0 unspecified atom stereocenters. The van der Waals surface area contributed by atoms with E-state index >= 15 is 0 Å². The average molecular weight is 356 g/mol. The van der Waals surface area contributed by atoms with Gasteiger partial charge in [0.25, 0.3) is 5.56 Å². The minimum absolute atomic E-state index is 0.0968. The number of nitrogens with one attached hydrogen (secondary N) is 1. The summed E-state index contributed by atoms with van der Waals surface area (Å²) in [5, 5.41) is 10.5. The van der Waals surface area contributed by atoms with Gasteiger partial charge >= 0.3 is 0 Å². The van der Waals surface area contributed by atoms with Crippen molar-refractivity contribution in [3.63, 3.8) is 0 Å². The fourth-order valence-corrected chi connectivity index (χ4v) is 3.72. The lowest BCUT2D eigenvalue weighted by Gasteiger charge is -2.30. The van der Waals surface area contributed by atoms with E-state index < -0.39 is 6.10 Å². The number of hydrogen-bond donors (Lipinski definition) is 2. The zero-order valence-corrected chi connectivity index (χ0v) is 14.7. The second-order valence-electron chi connectivity index (χ2n) is 6.83. The molecule has 3 heterocycles. The minimum atomic E-state index is -0.437. The molecule has 0 spiro atoms. The van der Waals surface area contributed by atoms with E-state index in [0.717, 1.165) is 18.7 Å². The Bertz CT molecular complexity index is 789. The molecule has 2 atom stereocenters. The summed E-state index contributed by atoms with van der Waals surface area (Å²) in [5.74, 6) is 1.21. The lowest BCUT2D eigenvalue weighted by Crippen LogP contribution is -2.40. The smallest absolute Gasteiger partial charge is 0.254 e. The van der Waals surface area contributed by atoms with E-state index in [1.807, 2.05) is 23.1 Å². The van der Waals surface area contributed by atoms with Gasteiger partial charge in [0.05, 0.1) is 25.4 Å². The van der Waals surface area contributed by atoms with Crippen molar-refractivity contribution in [2.45, 2.75) is 25.0 Å². The molecule has 7 nitrogen and oxygen atoms in total. The molecule has 0 amide bonds. The van der Waals surface area contributed by atoms with Crippen molar-refractivity contribution in [3.05, 3.63) is 52.3 Å². The van der Waals surface area contributed by atoms with Crippen LogP contribution < -0.4 is 15.4 Å². The minimum Gasteiger partial charge on any atom is -0.391 e. The van der Waals surface area contributed by atoms with Crippen molar-refractivity contribution in [2.24, 2.45) is 0 Å². The Balaban J connectivity index is 1.60. The predicted molar refractivity (Wildman–Crippen MR) is 99.8 cm³/mol. The number of aromatic nitrogens is 2. The molecule has 7 heteroatoms. The summed E-state index contributed by atoms with van der Waals surface area (Å²) in [7, 11) is 0. The molecular formula is C19H24N4O3. The first-order valence-electron chi connectivity index (χ1n) is 9.13. The van der Waals surface area contributed by atoms with Gasteiger partial charge in [-0.25, -0.2) is 0 Å². The van der Waals surface area contributed by atoms with Gasteiger partial charge in [0.15, 0.2) is 0 Å². The normalized spacial score (nSPS) is 23.4. The van der Waals surface area contributed by atoms with Crippen LogP contribution in [-0.2, 0) is 11.2 Å². The number of aromatic amines is 1. The monoisotopic (exact) mass is 356 g/mol. The number of ether oxygens (including phenoxy) is 1. The summed E-state index contributed by atoms with van der Waals surface area (Å²) in [6.07, 6.45) is 0.948. The van der Waals surface area contributed by atoms with E-state index in [2.05, 4.69) is 22.0 Å². The first-order valence-corrected chi connectivity index (χ1v) is 9.13. The topological polar surface area (TPSA) is 81.7 Å². The van der Waals surface area contributed by atoms with Gasteiger partial charge in [-0.05, 0) is 18.4 Å². The van der Waals surface area contributed by atoms with Crippen LogP contribution in [0.25, 0.3) is 0 Å². The highest BCUT2D eigenvalue weighted by molar-refractivity contribution is 5.46. The molecule has 0 saturated carbocycles. The molecule has 26 heavy (non-hydrogen) atoms. The molecule has 1 aromatic heterocycles. The van der Waals surface area contributed by atoms with Gasteiger partial charge in [-0.15, -0.1) is 0 Å². The number of aliphatic hydroxyl groups is 1. The van der Waals surface area contributed by atoms with Crippen LogP contribution in [0.15, 0.2) is 41.2 Å². The first kappa shape index (κ1) is 17.1. The number of anilines is 2. The number of hydrogen-bond acceptors (Lipinski definition) is 6. The Kier molecular flexibility index (Phi) is 4.90. The summed E-state index contributed by atoms with van der Waals surface area (Å²) in [5.41, 5.74) is 0.992. The van der Waals surface area contributed by atoms with Crippen LogP contribution >= 0.6 is 0 Å². The van der Waals surface area contributed by atoms with Crippen LogP contribution in [0.5, 0.6) is 0 Å². The highest BCUT2D eigenvalue weighted by Gasteiger charge is 2.34. The van der Waals surface area contributed by atoms with Crippen molar-refractivity contribution in [1.29, 1.82) is 0 Å². The van der Waals surface area contributed by atoms with Crippen LogP contribution in [0.3, 0.4) is 0 Å². The van der Waals surface area contributed by atoms with Crippen LogP contribution in [0.1, 0.15) is 12.0 Å². The van der Waals surface area contributed by atoms with Crippen LogP contribution in [-0.4, -0.2) is 60.1 Å². The number of rotatable bonds is 4. The Morgan fingerprint density at radius 1 is 1.19 bits per heavy atom. The molecule has 4 rings (SSSR count). The van der Waals surface area contributed by atoms with Crippen molar-refractivity contribution >= 4 is 11.8 Å². The summed E-state index contributed by atoms with van der Waals surface area (Å²) in [6.45, 7) is 3.41. The third-order valence-corrected chi connectivity index (χ3v) is 5.12. The molecule has 138 valence electrons. The lowest BCUT2D eigenvalue weighted by molar-refractivity contribution is 0.122. The number of aliphatic hydroxyl groups excluding tert-OH is 1. The van der Waals surface area contributed by atoms with Crippen LogP contribution in [0.2, 0.25) is 0 Å². The quantitative estimate of drug-likeness (QED) is 0.843. The molecule has 2 fully saturated rings. The van der Waals surface area contributed by atoms with E-state index in [1.54, 1.807) is 0 Å². The highest BCUT2D eigenvalue weighted by Crippen LogP contribution is 2.26. The van der Waals surface area contributed by atoms with Gasteiger partial charge in [-0.1, -0.05) is 30.3 Å². The van der Waals surface area contributed by atoms with Crippen LogP contribution in [0, 0.1) is 0 Å². The second kappa shape index (κ2) is 7.47. The molecule has 0 radical (unpaired) electrons. The molecule has 2 N–H and O–H groups in total. The fourth-order valence-electron chi connectivity index (χ4n) is 3.72. The Hall–Kier alpha value is -2.38. The van der Waals surface area contributed by atoms with Gasteiger partial charge in [0.2, 0.25) is 5.95 Å². The van der Waals surface area contributed by atoms with E-state index in [1.165, 1.54) is 6.07 Å². The zero-order valence-electron chi connectivity index (χ0n) is 14.7. The lowest BCUT2D eigenvalue weighted by atomic mass is 10.0. The SMILES string of the molecule is O=c1cc(N2CCOCC2)nc(N2CC[C@H](O)[C@@H]2Cc2ccccc2)[nH]1. The zero-order chi connectivity index (χ0) is 17.9. The van der Waals surface area contributed by atoms with E-state index in [0.29, 0.717) is 44.4 Å². The number of H-pyrrole nitrogens is 1. The first-order chi connectivity index (χ1) is 12.7. The maximum Gasteiger partial charge on any atom is 0.254 e. The number of morpholine rings is 1. The molecule has 2 aromatic rings. The van der Waals surface area contributed by atoms with Crippen molar-refractivity contribution in [3.8, 4) is 0 Å². The van der Waals surface area contributed by atoms with Gasteiger partial charge in [-0.3, -0.25) is 9.78 Å². The predicted octanol–water partition coefficient (Wildman–Crippen LogP) is 0.789. The van der Waals surface area contributed by atoms with Gasteiger partial charge < -0.3 is 19.6 Å². The van der Waals surface area contributed by atoms with Crippen molar-refractivity contribution < 1.29 is 9.84 Å². The Morgan fingerprint density at radius 3 is 2.73 bits per heavy atom. The van der Waals surface area contributed by atoms with E-state index in [9.17, 15) is 9.90 Å². The molecule has 2 aliphatic heterocycles. The number of nitrogens with zero attached hydrogens (tertiary/aromatic N) is 3. The maximum atomic E-state index is 12.2. The number of benzene rings is 1. The van der Waals surface area contributed by atoms with Gasteiger partial charge in [-0.2, -0.15) is 4.98 Å². The Labute approximate surface area is 152 Å². The Morgan fingerprint density at radius 2 is 1.96 bits per heavy atom. The maximum absolute atomic E-state index is 12.2. The third kappa shape index (κ3) is 3.59. The summed E-state index contributed by atoms with van der Waals surface area (Å²) in [6, 6.07) is 11.5. The largest absolute Gasteiger partial charge is 0.391 e. The summed E-state index contributed by atoms with van der Waals surface area (Å²) >= 11 is 0. The second-order valence-corrected chi connectivity index (χ2v) is 6.83. The molecular weight excluding hydrogens is 332 g/mol. The third-order valence-electron chi connectivity index (χ3n) is 5.12. The van der Waals surface area contributed by atoms with Crippen LogP contribution in [0.4, 0.5) is 11.8 Å². The van der Waals surface area contributed by atoms with Gasteiger partial charge in [0, 0.05) is 25.7 Å². The summed E-state index contributed by atoms with van der Waals surface area (Å²) in [4.78, 5) is 23.9. The highest BCUT2D eigenvalue weighted by atomic mass is 16.5. The molecule has 0 aliphatic carbocycles. The molecule has 0 bridgehead atoms. The van der Waals surface area contributed by atoms with E-state index in [-0.39, 0.29) is 11.6 Å². The molecule has 2 aliphatic rings. The van der Waals surface area contributed by atoms with Crippen molar-refractivity contribution in [2.75, 3.05) is 42.6 Å².